The van der Waals surface area contributed by atoms with Crippen molar-refractivity contribution in [2.45, 2.75) is 36.2 Å². The van der Waals surface area contributed by atoms with Gasteiger partial charge in [0.25, 0.3) is 0 Å². The van der Waals surface area contributed by atoms with Gasteiger partial charge < -0.3 is 9.47 Å². The molecule has 1 fully saturated rings. The fraction of sp³-hybridized carbons (Fsp3) is 0.800. The van der Waals surface area contributed by atoms with Crippen molar-refractivity contribution in [2.24, 2.45) is 0 Å². The Morgan fingerprint density at radius 1 is 0.889 bits per heavy atom. The second kappa shape index (κ2) is 9.99. The van der Waals surface area contributed by atoms with Crippen LogP contribution in [0.5, 0.6) is 0 Å². The summed E-state index contributed by atoms with van der Waals surface area (Å²) in [6.07, 6.45) is 5.08. The van der Waals surface area contributed by atoms with Crippen LogP contribution in [0.4, 0.5) is 0 Å². The Bertz CT molecular complexity index is 258. The van der Waals surface area contributed by atoms with Crippen molar-refractivity contribution in [3.63, 3.8) is 0 Å². The summed E-state index contributed by atoms with van der Waals surface area (Å²) >= 11 is 10.1. The van der Waals surface area contributed by atoms with Crippen LogP contribution in [-0.4, -0.2) is 33.5 Å². The summed E-state index contributed by atoms with van der Waals surface area (Å²) in [5.74, 6) is 0. The number of rotatable bonds is 4. The van der Waals surface area contributed by atoms with Gasteiger partial charge in [-0.15, -0.1) is 0 Å². The summed E-state index contributed by atoms with van der Waals surface area (Å²) in [7, 11) is 10.0. The van der Waals surface area contributed by atoms with E-state index in [9.17, 15) is 0 Å². The van der Waals surface area contributed by atoms with Crippen LogP contribution in [0.1, 0.15) is 25.7 Å². The molecule has 0 aliphatic heterocycles. The second-order valence-electron chi connectivity index (χ2n) is 3.63. The second-order valence-corrected chi connectivity index (χ2v) is 9.71. The van der Waals surface area contributed by atoms with Gasteiger partial charge in [0.05, 0.1) is 14.2 Å². The molecule has 0 N–H and O–H groups in total. The van der Waals surface area contributed by atoms with E-state index in [1.807, 2.05) is 21.6 Å². The number of methoxy groups -OCH3 is 2. The molecule has 0 radical (unpaired) electrons. The summed E-state index contributed by atoms with van der Waals surface area (Å²) < 4.78 is 11.2. The van der Waals surface area contributed by atoms with Crippen LogP contribution in [0, 0.1) is 0 Å². The molecular formula is C10H16O2S6. The molecule has 1 aliphatic carbocycles. The van der Waals surface area contributed by atoms with E-state index in [-0.39, 0.29) is 0 Å². The quantitative estimate of drug-likeness (QED) is 0.513. The highest BCUT2D eigenvalue weighted by Gasteiger charge is 2.27. The zero-order chi connectivity index (χ0) is 13.4. The first-order valence-corrected chi connectivity index (χ1v) is 10.7. The maximum Gasteiger partial charge on any atom is 0.230 e. The minimum absolute atomic E-state index is 0.606. The molecule has 8 heteroatoms. The van der Waals surface area contributed by atoms with Crippen molar-refractivity contribution < 1.29 is 9.47 Å². The summed E-state index contributed by atoms with van der Waals surface area (Å²) in [6.45, 7) is 0. The number of hydrogen-bond acceptors (Lipinski definition) is 8. The van der Waals surface area contributed by atoms with Gasteiger partial charge in [-0.05, 0) is 58.9 Å². The van der Waals surface area contributed by atoms with Crippen molar-refractivity contribution in [3.8, 4) is 0 Å². The lowest BCUT2D eigenvalue weighted by Crippen LogP contribution is -2.23. The van der Waals surface area contributed by atoms with E-state index in [1.165, 1.54) is 25.7 Å². The van der Waals surface area contributed by atoms with Gasteiger partial charge in [-0.25, -0.2) is 0 Å². The van der Waals surface area contributed by atoms with Crippen LogP contribution in [0.3, 0.4) is 0 Å². The van der Waals surface area contributed by atoms with Crippen molar-refractivity contribution in [2.75, 3.05) is 14.2 Å². The third-order valence-corrected chi connectivity index (χ3v) is 9.48. The summed E-state index contributed by atoms with van der Waals surface area (Å²) in [5.41, 5.74) is 0. The molecule has 0 bridgehead atoms. The lowest BCUT2D eigenvalue weighted by atomic mass is 10.00. The van der Waals surface area contributed by atoms with Gasteiger partial charge in [0.2, 0.25) is 8.77 Å². The first kappa shape index (κ1) is 17.2. The Labute approximate surface area is 135 Å². The largest absolute Gasteiger partial charge is 0.481 e. The third kappa shape index (κ3) is 6.56. The molecular weight excluding hydrogens is 345 g/mol. The summed E-state index contributed by atoms with van der Waals surface area (Å²) in [4.78, 5) is 0. The average Bonchev–Trinajstić information content (AvgIpc) is 2.42. The van der Waals surface area contributed by atoms with Gasteiger partial charge in [-0.3, -0.25) is 0 Å². The van der Waals surface area contributed by atoms with Crippen LogP contribution < -0.4 is 0 Å². The van der Waals surface area contributed by atoms with Gasteiger partial charge in [-0.2, -0.15) is 0 Å². The summed E-state index contributed by atoms with van der Waals surface area (Å²) in [6, 6.07) is 0. The minimum Gasteiger partial charge on any atom is -0.481 e. The normalized spacial score (nSPS) is 23.4. The van der Waals surface area contributed by atoms with E-state index in [1.54, 1.807) is 35.8 Å². The van der Waals surface area contributed by atoms with Gasteiger partial charge in [0, 0.05) is 10.5 Å². The first-order chi connectivity index (χ1) is 8.67. The standard InChI is InChI=1S/C10H16O2S6/c1-11-9(13)17-15-7-5-3-4-6-8(7)16-18-10(14)12-2/h7-8H,3-6H2,1-2H3. The molecule has 0 amide bonds. The average molecular weight is 361 g/mol. The lowest BCUT2D eigenvalue weighted by molar-refractivity contribution is 0.426. The molecule has 0 aromatic carbocycles. The zero-order valence-corrected chi connectivity index (χ0v) is 15.1. The smallest absolute Gasteiger partial charge is 0.230 e. The van der Waals surface area contributed by atoms with Gasteiger partial charge >= 0.3 is 0 Å². The molecule has 2 nitrogen and oxygen atoms in total. The highest BCUT2D eigenvalue weighted by Crippen LogP contribution is 2.45. The molecule has 0 aromatic rings. The molecule has 18 heavy (non-hydrogen) atoms. The maximum absolute atomic E-state index is 5.05. The molecule has 2 unspecified atom stereocenters. The molecule has 0 heterocycles. The van der Waals surface area contributed by atoms with Crippen molar-refractivity contribution in [3.05, 3.63) is 0 Å². The molecule has 1 aliphatic rings. The minimum atomic E-state index is 0.606. The van der Waals surface area contributed by atoms with E-state index in [2.05, 4.69) is 0 Å². The Morgan fingerprint density at radius 3 is 1.61 bits per heavy atom. The molecule has 2 atom stereocenters. The van der Waals surface area contributed by atoms with E-state index in [4.69, 9.17) is 33.9 Å². The molecule has 1 saturated carbocycles. The highest BCUT2D eigenvalue weighted by molar-refractivity contribution is 8.85. The number of ether oxygens (including phenoxy) is 2. The highest BCUT2D eigenvalue weighted by atomic mass is 33.1. The Hall–Kier alpha value is 1.18. The molecule has 104 valence electrons. The predicted molar refractivity (Wildman–Crippen MR) is 95.6 cm³/mol. The van der Waals surface area contributed by atoms with Crippen molar-refractivity contribution in [1.82, 2.24) is 0 Å². The summed E-state index contributed by atoms with van der Waals surface area (Å²) in [5, 5.41) is 1.21. The van der Waals surface area contributed by atoms with Gasteiger partial charge in [0.1, 0.15) is 0 Å². The number of hydrogen-bond donors (Lipinski definition) is 0. The first-order valence-electron chi connectivity index (χ1n) is 5.50. The van der Waals surface area contributed by atoms with Crippen LogP contribution in [0.15, 0.2) is 0 Å². The molecule has 0 spiro atoms. The molecule has 0 aromatic heterocycles. The van der Waals surface area contributed by atoms with Crippen molar-refractivity contribution in [1.29, 1.82) is 0 Å². The Balaban J connectivity index is 2.36. The lowest BCUT2D eigenvalue weighted by Gasteiger charge is -2.29. The predicted octanol–water partition coefficient (Wildman–Crippen LogP) is 4.92. The van der Waals surface area contributed by atoms with Gasteiger partial charge in [-0.1, -0.05) is 34.4 Å². The van der Waals surface area contributed by atoms with E-state index < -0.39 is 0 Å². The Kier molecular flexibility index (Phi) is 9.56. The van der Waals surface area contributed by atoms with Gasteiger partial charge in [0.15, 0.2) is 0 Å². The van der Waals surface area contributed by atoms with Crippen LogP contribution in [0.25, 0.3) is 0 Å². The fourth-order valence-electron chi connectivity index (χ4n) is 1.55. The molecule has 0 saturated heterocycles. The third-order valence-electron chi connectivity index (χ3n) is 2.45. The van der Waals surface area contributed by atoms with E-state index >= 15 is 0 Å². The van der Waals surface area contributed by atoms with Crippen molar-refractivity contribution >= 4 is 76.4 Å². The monoisotopic (exact) mass is 360 g/mol. The zero-order valence-electron chi connectivity index (χ0n) is 10.2. The van der Waals surface area contributed by atoms with E-state index in [0.717, 1.165) is 0 Å². The molecule has 1 rings (SSSR count). The fourth-order valence-corrected chi connectivity index (χ4v) is 7.61. The van der Waals surface area contributed by atoms with Crippen LogP contribution in [-0.2, 0) is 9.47 Å². The van der Waals surface area contributed by atoms with Crippen LogP contribution >= 0.6 is 67.6 Å². The SMILES string of the molecule is COC(=S)SSC1CCCCC1SSC(=S)OC. The Morgan fingerprint density at radius 2 is 1.28 bits per heavy atom. The topological polar surface area (TPSA) is 18.5 Å². The van der Waals surface area contributed by atoms with Crippen LogP contribution in [0.2, 0.25) is 0 Å². The number of thiocarbonyl (C=S) groups is 2. The van der Waals surface area contributed by atoms with E-state index in [0.29, 0.717) is 19.3 Å². The maximum atomic E-state index is 5.05.